The minimum absolute atomic E-state index is 0.0586. The third kappa shape index (κ3) is 5.67. The molecule has 0 aliphatic heterocycles. The Morgan fingerprint density at radius 1 is 1.09 bits per heavy atom. The number of carbonyl (C=O) groups is 1. The van der Waals surface area contributed by atoms with E-state index < -0.39 is 23.6 Å². The predicted octanol–water partition coefficient (Wildman–Crippen LogP) is 7.83. The zero-order chi connectivity index (χ0) is 24.5. The lowest BCUT2D eigenvalue weighted by Crippen LogP contribution is -2.16. The topological polar surface area (TPSA) is 73.1 Å². The Bertz CT molecular complexity index is 1270. The Kier molecular flexibility index (Phi) is 8.03. The van der Waals surface area contributed by atoms with Crippen LogP contribution in [0.3, 0.4) is 0 Å². The quantitative estimate of drug-likeness (QED) is 0.271. The molecule has 1 atom stereocenters. The van der Waals surface area contributed by atoms with Gasteiger partial charge in [0.1, 0.15) is 5.75 Å². The van der Waals surface area contributed by atoms with Gasteiger partial charge in [-0.3, -0.25) is 4.79 Å². The first kappa shape index (κ1) is 25.9. The van der Waals surface area contributed by atoms with Crippen molar-refractivity contribution in [3.63, 3.8) is 0 Å². The van der Waals surface area contributed by atoms with E-state index in [0.29, 0.717) is 7.14 Å². The zero-order valence-corrected chi connectivity index (χ0v) is 22.0. The van der Waals surface area contributed by atoms with Gasteiger partial charge in [0.2, 0.25) is 0 Å². The van der Waals surface area contributed by atoms with Crippen LogP contribution in [0.1, 0.15) is 33.0 Å². The molecule has 0 aliphatic rings. The number of nitrogens with zero attached hydrogens (tertiary/aromatic N) is 1. The smallest absolute Gasteiger partial charge is 0.416 e. The molecule has 4 nitrogen and oxygen atoms in total. The van der Waals surface area contributed by atoms with Crippen molar-refractivity contribution in [2.45, 2.75) is 12.1 Å². The van der Waals surface area contributed by atoms with E-state index in [-0.39, 0.29) is 38.2 Å². The lowest BCUT2D eigenvalue weighted by atomic mass is 9.88. The van der Waals surface area contributed by atoms with Gasteiger partial charge in [0, 0.05) is 24.9 Å². The molecule has 0 fully saturated rings. The molecule has 0 bridgehead atoms. The van der Waals surface area contributed by atoms with Crippen LogP contribution in [0.25, 0.3) is 0 Å². The molecule has 0 saturated carbocycles. The number of anilines is 1. The largest absolute Gasteiger partial charge is 0.506 e. The lowest BCUT2D eigenvalue weighted by Gasteiger charge is -2.20. The van der Waals surface area contributed by atoms with Crippen LogP contribution in [0.2, 0.25) is 10.0 Å². The summed E-state index contributed by atoms with van der Waals surface area (Å²) in [4.78, 5) is 12.6. The SMILES string of the molecule is N#CC(c1ccc(NC(=O)c2cc(I)cc(I)c2O)cc1C(F)(F)F)c1c(Cl)cccc1Cl. The fourth-order valence-electron chi connectivity index (χ4n) is 3.14. The van der Waals surface area contributed by atoms with E-state index in [4.69, 9.17) is 23.2 Å². The number of phenolic OH excluding ortho intramolecular Hbond substituents is 1. The summed E-state index contributed by atoms with van der Waals surface area (Å²) < 4.78 is 42.9. The average molecular weight is 717 g/mol. The van der Waals surface area contributed by atoms with Crippen molar-refractivity contribution in [1.82, 2.24) is 0 Å². The van der Waals surface area contributed by atoms with Crippen molar-refractivity contribution in [2.75, 3.05) is 5.32 Å². The Balaban J connectivity index is 2.07. The summed E-state index contributed by atoms with van der Waals surface area (Å²) in [7, 11) is 0. The Morgan fingerprint density at radius 3 is 2.30 bits per heavy atom. The van der Waals surface area contributed by atoms with Gasteiger partial charge in [0.05, 0.1) is 26.7 Å². The number of nitrogens with one attached hydrogen (secondary N) is 1. The zero-order valence-electron chi connectivity index (χ0n) is 16.1. The van der Waals surface area contributed by atoms with Crippen LogP contribution in [-0.4, -0.2) is 11.0 Å². The van der Waals surface area contributed by atoms with Gasteiger partial charge in [0.25, 0.3) is 5.91 Å². The molecule has 3 aromatic rings. The number of aromatic hydroxyl groups is 1. The molecule has 0 radical (unpaired) electrons. The van der Waals surface area contributed by atoms with E-state index in [1.54, 1.807) is 6.07 Å². The van der Waals surface area contributed by atoms with Crippen molar-refractivity contribution in [3.8, 4) is 11.8 Å². The second-order valence-corrected chi connectivity index (χ2v) is 9.96. The van der Waals surface area contributed by atoms with Gasteiger partial charge in [-0.05, 0) is 87.1 Å². The third-order valence-electron chi connectivity index (χ3n) is 4.62. The number of hydrogen-bond acceptors (Lipinski definition) is 3. The van der Waals surface area contributed by atoms with E-state index in [1.807, 2.05) is 51.3 Å². The summed E-state index contributed by atoms with van der Waals surface area (Å²) in [6.07, 6.45) is -4.83. The number of carbonyl (C=O) groups excluding carboxylic acids is 1. The first-order valence-corrected chi connectivity index (χ1v) is 11.9. The number of rotatable bonds is 4. The van der Waals surface area contributed by atoms with E-state index in [2.05, 4.69) is 5.32 Å². The second kappa shape index (κ2) is 10.2. The predicted molar refractivity (Wildman–Crippen MR) is 137 cm³/mol. The number of phenols is 1. The highest BCUT2D eigenvalue weighted by Gasteiger charge is 2.37. The first-order chi connectivity index (χ1) is 15.4. The molecule has 1 unspecified atom stereocenters. The molecule has 1 amide bonds. The molecule has 11 heteroatoms. The van der Waals surface area contributed by atoms with Gasteiger partial charge in [-0.2, -0.15) is 18.4 Å². The first-order valence-electron chi connectivity index (χ1n) is 8.98. The second-order valence-electron chi connectivity index (χ2n) is 6.74. The number of hydrogen-bond donors (Lipinski definition) is 2. The summed E-state index contributed by atoms with van der Waals surface area (Å²) in [5.74, 6) is -2.45. The Labute approximate surface area is 224 Å². The van der Waals surface area contributed by atoms with Gasteiger partial charge in [-0.15, -0.1) is 0 Å². The summed E-state index contributed by atoms with van der Waals surface area (Å²) >= 11 is 16.1. The molecule has 3 aromatic carbocycles. The average Bonchev–Trinajstić information content (AvgIpc) is 2.73. The monoisotopic (exact) mass is 716 g/mol. The van der Waals surface area contributed by atoms with E-state index in [1.165, 1.54) is 30.3 Å². The number of alkyl halides is 3. The van der Waals surface area contributed by atoms with Crippen molar-refractivity contribution in [3.05, 3.63) is 88.0 Å². The molecule has 0 saturated heterocycles. The summed E-state index contributed by atoms with van der Waals surface area (Å²) in [6.45, 7) is 0. The van der Waals surface area contributed by atoms with Crippen LogP contribution in [-0.2, 0) is 6.18 Å². The highest BCUT2D eigenvalue weighted by atomic mass is 127. The van der Waals surface area contributed by atoms with Crippen LogP contribution in [0.4, 0.5) is 18.9 Å². The normalized spacial score (nSPS) is 12.2. The van der Waals surface area contributed by atoms with Crippen molar-refractivity contribution < 1.29 is 23.1 Å². The van der Waals surface area contributed by atoms with Crippen molar-refractivity contribution in [2.24, 2.45) is 0 Å². The standard InChI is InChI=1S/C22H11Cl2F3I2N2O2/c23-16-2-1-3-17(24)19(16)14(9-30)12-5-4-11(8-15(12)22(25,26)27)31-21(33)13-6-10(28)7-18(29)20(13)32/h1-8,14,32H,(H,31,33). The van der Waals surface area contributed by atoms with Gasteiger partial charge < -0.3 is 10.4 Å². The summed E-state index contributed by atoms with van der Waals surface area (Å²) in [6, 6.07) is 12.4. The number of nitriles is 1. The molecule has 2 N–H and O–H groups in total. The molecule has 0 aromatic heterocycles. The van der Waals surface area contributed by atoms with E-state index in [9.17, 15) is 28.3 Å². The maximum atomic E-state index is 13.9. The van der Waals surface area contributed by atoms with Crippen LogP contribution in [0.5, 0.6) is 5.75 Å². The minimum Gasteiger partial charge on any atom is -0.506 e. The van der Waals surface area contributed by atoms with Crippen LogP contribution in [0.15, 0.2) is 48.5 Å². The summed E-state index contributed by atoms with van der Waals surface area (Å²) in [5.41, 5.74) is -1.66. The highest BCUT2D eigenvalue weighted by Crippen LogP contribution is 2.42. The molecular formula is C22H11Cl2F3I2N2O2. The van der Waals surface area contributed by atoms with Gasteiger partial charge in [-0.25, -0.2) is 0 Å². The van der Waals surface area contributed by atoms with Gasteiger partial charge in [-0.1, -0.05) is 35.3 Å². The molecule has 33 heavy (non-hydrogen) atoms. The van der Waals surface area contributed by atoms with Crippen molar-refractivity contribution >= 4 is 80.0 Å². The molecular weight excluding hydrogens is 706 g/mol. The summed E-state index contributed by atoms with van der Waals surface area (Å²) in [5, 5.41) is 22.3. The molecule has 3 rings (SSSR count). The number of amides is 1. The van der Waals surface area contributed by atoms with Crippen LogP contribution in [0, 0.1) is 18.5 Å². The van der Waals surface area contributed by atoms with E-state index >= 15 is 0 Å². The maximum absolute atomic E-state index is 13.9. The fraction of sp³-hybridized carbons (Fsp3) is 0.0909. The van der Waals surface area contributed by atoms with Crippen LogP contribution >= 0.6 is 68.4 Å². The Hall–Kier alpha value is -1.75. The molecule has 0 heterocycles. The maximum Gasteiger partial charge on any atom is 0.416 e. The molecule has 0 aliphatic carbocycles. The minimum atomic E-state index is -4.83. The van der Waals surface area contributed by atoms with Gasteiger partial charge >= 0.3 is 6.18 Å². The number of benzene rings is 3. The van der Waals surface area contributed by atoms with Crippen molar-refractivity contribution in [1.29, 1.82) is 5.26 Å². The fourth-order valence-corrected chi connectivity index (χ4v) is 5.61. The lowest BCUT2D eigenvalue weighted by molar-refractivity contribution is -0.138. The Morgan fingerprint density at radius 2 is 1.73 bits per heavy atom. The van der Waals surface area contributed by atoms with Gasteiger partial charge in [0.15, 0.2) is 0 Å². The third-order valence-corrected chi connectivity index (χ3v) is 6.72. The highest BCUT2D eigenvalue weighted by molar-refractivity contribution is 14.1. The van der Waals surface area contributed by atoms with E-state index in [0.717, 1.165) is 12.1 Å². The molecule has 170 valence electrons. The number of halogens is 7. The molecule has 0 spiro atoms. The van der Waals surface area contributed by atoms with Crippen LogP contribution < -0.4 is 5.32 Å².